The minimum atomic E-state index is -3.74. The van der Waals surface area contributed by atoms with Gasteiger partial charge in [-0.25, -0.2) is 13.2 Å². The monoisotopic (exact) mass is 448 g/mol. The van der Waals surface area contributed by atoms with Crippen LogP contribution in [0.3, 0.4) is 0 Å². The van der Waals surface area contributed by atoms with Crippen molar-refractivity contribution in [3.8, 4) is 11.5 Å². The van der Waals surface area contributed by atoms with E-state index in [1.807, 2.05) is 0 Å². The molecule has 2 aliphatic heterocycles. The number of carbonyl (C=O) groups excluding carboxylic acids is 2. The highest BCUT2D eigenvalue weighted by Crippen LogP contribution is 2.34. The number of nitrogens with one attached hydrogen (secondary N) is 2. The van der Waals surface area contributed by atoms with Crippen LogP contribution in [0.15, 0.2) is 46.2 Å². The van der Waals surface area contributed by atoms with Crippen molar-refractivity contribution >= 4 is 27.6 Å². The van der Waals surface area contributed by atoms with E-state index >= 15 is 0 Å². The van der Waals surface area contributed by atoms with Crippen molar-refractivity contribution in [3.05, 3.63) is 46.9 Å². The summed E-state index contributed by atoms with van der Waals surface area (Å²) in [6.45, 7) is 0.408. The van der Waals surface area contributed by atoms with E-state index in [1.165, 1.54) is 10.4 Å². The standard InChI is InChI=1S/C19H20N4O7S/c24-17(21-19(26)20-13-3-5-15-16(9-13)30-12-29-15)11-22-10-14(4-6-18(22)25)31(27,28)23-7-1-2-8-23/h3-6,9-10H,1-2,7-8,11-12H2,(H2,20,21,24,26). The SMILES string of the molecule is O=C(Cn1cc(S(=O)(=O)N2CCCC2)ccc1=O)NC(=O)Nc1ccc2c(c1)OCO2. The van der Waals surface area contributed by atoms with Crippen LogP contribution in [0.25, 0.3) is 0 Å². The Balaban J connectivity index is 1.41. The molecule has 0 aliphatic carbocycles. The molecule has 1 aromatic carbocycles. The van der Waals surface area contributed by atoms with E-state index in [0.717, 1.165) is 29.7 Å². The second-order valence-electron chi connectivity index (χ2n) is 7.01. The average Bonchev–Trinajstić information content (AvgIpc) is 3.41. The number of pyridine rings is 1. The molecule has 2 N–H and O–H groups in total. The van der Waals surface area contributed by atoms with Gasteiger partial charge >= 0.3 is 6.03 Å². The third-order valence-corrected chi connectivity index (χ3v) is 6.74. The van der Waals surface area contributed by atoms with Crippen molar-refractivity contribution in [3.63, 3.8) is 0 Å². The van der Waals surface area contributed by atoms with Crippen LogP contribution in [0.1, 0.15) is 12.8 Å². The second-order valence-corrected chi connectivity index (χ2v) is 8.95. The number of sulfonamides is 1. The summed E-state index contributed by atoms with van der Waals surface area (Å²) in [5, 5.41) is 4.58. The Morgan fingerprint density at radius 2 is 1.77 bits per heavy atom. The van der Waals surface area contributed by atoms with Gasteiger partial charge in [0.05, 0.1) is 4.90 Å². The minimum absolute atomic E-state index is 0.0772. The van der Waals surface area contributed by atoms with Crippen LogP contribution in [-0.2, 0) is 21.4 Å². The van der Waals surface area contributed by atoms with Gasteiger partial charge in [-0.15, -0.1) is 0 Å². The number of urea groups is 1. The van der Waals surface area contributed by atoms with E-state index in [2.05, 4.69) is 10.6 Å². The van der Waals surface area contributed by atoms with Gasteiger partial charge in [-0.2, -0.15) is 4.31 Å². The first-order valence-electron chi connectivity index (χ1n) is 9.54. The van der Waals surface area contributed by atoms with Crippen molar-refractivity contribution in [1.29, 1.82) is 0 Å². The number of ether oxygens (including phenoxy) is 2. The largest absolute Gasteiger partial charge is 0.454 e. The first-order chi connectivity index (χ1) is 14.8. The van der Waals surface area contributed by atoms with E-state index in [1.54, 1.807) is 18.2 Å². The zero-order valence-electron chi connectivity index (χ0n) is 16.4. The molecule has 3 amide bonds. The first-order valence-corrected chi connectivity index (χ1v) is 11.0. The molecule has 4 rings (SSSR count). The first kappa shape index (κ1) is 20.9. The number of carbonyl (C=O) groups is 2. The molecule has 1 aromatic heterocycles. The number of amides is 3. The minimum Gasteiger partial charge on any atom is -0.454 e. The van der Waals surface area contributed by atoms with Crippen LogP contribution in [0.5, 0.6) is 11.5 Å². The van der Waals surface area contributed by atoms with Crippen LogP contribution in [0.2, 0.25) is 0 Å². The normalized spacial score (nSPS) is 15.6. The van der Waals surface area contributed by atoms with E-state index in [-0.39, 0.29) is 11.7 Å². The van der Waals surface area contributed by atoms with E-state index < -0.39 is 34.1 Å². The molecular weight excluding hydrogens is 428 g/mol. The summed E-state index contributed by atoms with van der Waals surface area (Å²) in [4.78, 5) is 36.3. The number of nitrogens with zero attached hydrogens (tertiary/aromatic N) is 2. The third kappa shape index (κ3) is 4.54. The lowest BCUT2D eigenvalue weighted by Gasteiger charge is -2.16. The molecule has 11 nitrogen and oxygen atoms in total. The molecule has 1 fully saturated rings. The molecule has 0 saturated carbocycles. The maximum atomic E-state index is 12.7. The lowest BCUT2D eigenvalue weighted by molar-refractivity contribution is -0.120. The number of fused-ring (bicyclic) bond motifs is 1. The Labute approximate surface area is 177 Å². The summed E-state index contributed by atoms with van der Waals surface area (Å²) in [5.74, 6) is 0.230. The Kier molecular flexibility index (Phi) is 5.65. The highest BCUT2D eigenvalue weighted by Gasteiger charge is 2.27. The van der Waals surface area contributed by atoms with Crippen molar-refractivity contribution in [2.75, 3.05) is 25.2 Å². The fraction of sp³-hybridized carbons (Fsp3) is 0.316. The maximum Gasteiger partial charge on any atom is 0.325 e. The highest BCUT2D eigenvalue weighted by atomic mass is 32.2. The van der Waals surface area contributed by atoms with Gasteiger partial charge in [-0.05, 0) is 31.0 Å². The zero-order valence-corrected chi connectivity index (χ0v) is 17.2. The maximum absolute atomic E-state index is 12.7. The van der Waals surface area contributed by atoms with Crippen molar-refractivity contribution < 1.29 is 27.5 Å². The van der Waals surface area contributed by atoms with E-state index in [0.29, 0.717) is 30.3 Å². The lowest BCUT2D eigenvalue weighted by atomic mass is 10.3. The van der Waals surface area contributed by atoms with Crippen LogP contribution >= 0.6 is 0 Å². The quantitative estimate of drug-likeness (QED) is 0.687. The molecule has 0 spiro atoms. The predicted octanol–water partition coefficient (Wildman–Crippen LogP) is 0.710. The van der Waals surface area contributed by atoms with Gasteiger partial charge in [0.1, 0.15) is 6.54 Å². The lowest BCUT2D eigenvalue weighted by Crippen LogP contribution is -2.38. The molecule has 0 atom stereocenters. The van der Waals surface area contributed by atoms with Crippen LogP contribution in [0, 0.1) is 0 Å². The number of hydrogen-bond acceptors (Lipinski definition) is 7. The van der Waals surface area contributed by atoms with Gasteiger partial charge < -0.3 is 19.4 Å². The Hall–Kier alpha value is -3.38. The van der Waals surface area contributed by atoms with Gasteiger partial charge in [0, 0.05) is 37.1 Å². The number of benzene rings is 1. The molecule has 31 heavy (non-hydrogen) atoms. The molecule has 0 bridgehead atoms. The smallest absolute Gasteiger partial charge is 0.325 e. The molecule has 2 aromatic rings. The third-order valence-electron chi connectivity index (χ3n) is 4.86. The number of hydrogen-bond donors (Lipinski definition) is 2. The van der Waals surface area contributed by atoms with Gasteiger partial charge in [-0.3, -0.25) is 14.9 Å². The summed E-state index contributed by atoms with van der Waals surface area (Å²) in [5.41, 5.74) is -0.183. The molecule has 3 heterocycles. The fourth-order valence-electron chi connectivity index (χ4n) is 3.32. The summed E-state index contributed by atoms with van der Waals surface area (Å²) in [6.07, 6.45) is 2.67. The molecule has 2 aliphatic rings. The summed E-state index contributed by atoms with van der Waals surface area (Å²) >= 11 is 0. The molecule has 1 saturated heterocycles. The number of anilines is 1. The molecule has 12 heteroatoms. The molecule has 164 valence electrons. The average molecular weight is 448 g/mol. The van der Waals surface area contributed by atoms with Crippen LogP contribution in [-0.4, -0.2) is 49.1 Å². The van der Waals surface area contributed by atoms with Crippen LogP contribution in [0.4, 0.5) is 10.5 Å². The molecule has 0 radical (unpaired) electrons. The van der Waals surface area contributed by atoms with Crippen LogP contribution < -0.4 is 25.7 Å². The van der Waals surface area contributed by atoms with Crippen molar-refractivity contribution in [2.45, 2.75) is 24.3 Å². The predicted molar refractivity (Wildman–Crippen MR) is 108 cm³/mol. The van der Waals surface area contributed by atoms with E-state index in [4.69, 9.17) is 9.47 Å². The summed E-state index contributed by atoms with van der Waals surface area (Å²) in [7, 11) is -3.74. The van der Waals surface area contributed by atoms with Gasteiger partial charge in [0.2, 0.25) is 22.7 Å². The van der Waals surface area contributed by atoms with Crippen molar-refractivity contribution in [2.24, 2.45) is 0 Å². The second kappa shape index (κ2) is 8.40. The number of imide groups is 1. The van der Waals surface area contributed by atoms with Gasteiger partial charge in [0.15, 0.2) is 11.5 Å². The Bertz CT molecular complexity index is 1190. The van der Waals surface area contributed by atoms with Gasteiger partial charge in [-0.1, -0.05) is 0 Å². The number of rotatable bonds is 5. The highest BCUT2D eigenvalue weighted by molar-refractivity contribution is 7.89. The number of aromatic nitrogens is 1. The fourth-order valence-corrected chi connectivity index (χ4v) is 4.86. The Morgan fingerprint density at radius 1 is 1.03 bits per heavy atom. The molecule has 0 unspecified atom stereocenters. The van der Waals surface area contributed by atoms with E-state index in [9.17, 15) is 22.8 Å². The topological polar surface area (TPSA) is 136 Å². The molecular formula is C19H20N4O7S. The summed E-state index contributed by atoms with van der Waals surface area (Å²) in [6, 6.07) is 6.24. The van der Waals surface area contributed by atoms with Gasteiger partial charge in [0.25, 0.3) is 5.56 Å². The Morgan fingerprint density at radius 3 is 2.55 bits per heavy atom. The van der Waals surface area contributed by atoms with Crippen molar-refractivity contribution in [1.82, 2.24) is 14.2 Å². The zero-order chi connectivity index (χ0) is 22.0. The summed E-state index contributed by atoms with van der Waals surface area (Å²) < 4.78 is 38.0.